The smallest absolute Gasteiger partial charge is 0.106 e. The second kappa shape index (κ2) is 10.5. The summed E-state index contributed by atoms with van der Waals surface area (Å²) >= 11 is 7.04. The Morgan fingerprint density at radius 2 is 0.860 bits per heavy atom. The number of hydrogen-bond acceptors (Lipinski definition) is 5. The maximum absolute atomic E-state index is 5.15. The topological polar surface area (TPSA) is 54.8 Å². The molecule has 7 heteroatoms. The van der Waals surface area contributed by atoms with Crippen LogP contribution in [0.4, 0.5) is 17.1 Å². The van der Waals surface area contributed by atoms with Gasteiger partial charge in [-0.3, -0.25) is 0 Å². The quantitative estimate of drug-likeness (QED) is 0.105. The van der Waals surface area contributed by atoms with E-state index in [1.807, 2.05) is 42.5 Å². The summed E-state index contributed by atoms with van der Waals surface area (Å²) in [6.45, 7) is 0. The summed E-state index contributed by atoms with van der Waals surface area (Å²) in [5, 5.41) is 1.84. The van der Waals surface area contributed by atoms with Crippen molar-refractivity contribution in [2.45, 2.75) is 0 Å². The highest BCUT2D eigenvalue weighted by Crippen LogP contribution is 2.37. The highest BCUT2D eigenvalue weighted by Gasteiger charge is 2.16. The Labute approximate surface area is 264 Å². The van der Waals surface area contributed by atoms with Crippen molar-refractivity contribution in [3.05, 3.63) is 137 Å². The minimum atomic E-state index is 0.750. The number of nitrogens with zero attached hydrogens (tertiary/aromatic N) is 5. The Balaban J connectivity index is 1.25. The van der Waals surface area contributed by atoms with E-state index >= 15 is 0 Å². The molecule has 0 saturated carbocycles. The van der Waals surface area contributed by atoms with Crippen LogP contribution in [0.2, 0.25) is 0 Å². The second-order valence-electron chi connectivity index (χ2n) is 10.2. The highest BCUT2D eigenvalue weighted by molar-refractivity contribution is 9.10. The average Bonchev–Trinajstić information content (AvgIpc) is 3.05. The molecule has 0 fully saturated rings. The lowest BCUT2D eigenvalue weighted by Crippen LogP contribution is -2.09. The highest BCUT2D eigenvalue weighted by atomic mass is 79.9. The van der Waals surface area contributed by atoms with Crippen molar-refractivity contribution in [1.29, 1.82) is 0 Å². The zero-order valence-electron chi connectivity index (χ0n) is 22.6. The normalized spacial score (nSPS) is 11.5. The lowest BCUT2D eigenvalue weighted by molar-refractivity contribution is 1.28. The Hall–Kier alpha value is -4.72. The van der Waals surface area contributed by atoms with E-state index in [0.29, 0.717) is 0 Å². The van der Waals surface area contributed by atoms with E-state index in [4.69, 9.17) is 19.9 Å². The predicted molar refractivity (Wildman–Crippen MR) is 183 cm³/mol. The van der Waals surface area contributed by atoms with E-state index in [-0.39, 0.29) is 0 Å². The van der Waals surface area contributed by atoms with Crippen LogP contribution in [-0.2, 0) is 0 Å². The van der Waals surface area contributed by atoms with E-state index < -0.39 is 0 Å². The zero-order chi connectivity index (χ0) is 28.9. The molecule has 8 rings (SSSR count). The van der Waals surface area contributed by atoms with Gasteiger partial charge in [-0.1, -0.05) is 54.6 Å². The molecule has 0 aliphatic rings. The van der Waals surface area contributed by atoms with Gasteiger partial charge in [-0.25, -0.2) is 19.9 Å². The van der Waals surface area contributed by atoms with Crippen molar-refractivity contribution < 1.29 is 0 Å². The average molecular weight is 683 g/mol. The molecule has 5 nitrogen and oxygen atoms in total. The van der Waals surface area contributed by atoms with E-state index in [9.17, 15) is 0 Å². The summed E-state index contributed by atoms with van der Waals surface area (Å²) in [4.78, 5) is 22.0. The Morgan fingerprint density at radius 1 is 0.395 bits per heavy atom. The number of anilines is 3. The first kappa shape index (κ1) is 25.9. The third kappa shape index (κ3) is 4.61. The number of pyridine rings is 2. The van der Waals surface area contributed by atoms with Gasteiger partial charge in [0.1, 0.15) is 20.2 Å². The minimum absolute atomic E-state index is 0.750. The molecule has 8 aromatic rings. The first-order valence-electron chi connectivity index (χ1n) is 13.8. The summed E-state index contributed by atoms with van der Waals surface area (Å²) in [6.07, 6.45) is 0. The second-order valence-corrected chi connectivity index (χ2v) is 11.9. The van der Waals surface area contributed by atoms with Crippen LogP contribution in [0.5, 0.6) is 0 Å². The molecular weight excluding hydrogens is 662 g/mol. The van der Waals surface area contributed by atoms with Crippen molar-refractivity contribution >= 4 is 92.8 Å². The van der Waals surface area contributed by atoms with Gasteiger partial charge < -0.3 is 4.90 Å². The lowest BCUT2D eigenvalue weighted by atomic mass is 10.0. The van der Waals surface area contributed by atoms with Gasteiger partial charge in [0.2, 0.25) is 0 Å². The molecule has 0 amide bonds. The molecule has 0 atom stereocenters. The van der Waals surface area contributed by atoms with Crippen LogP contribution >= 0.6 is 31.9 Å². The van der Waals surface area contributed by atoms with Crippen molar-refractivity contribution in [2.75, 3.05) is 4.90 Å². The Kier molecular flexibility index (Phi) is 6.35. The molecule has 0 aliphatic carbocycles. The summed E-state index contributed by atoms with van der Waals surface area (Å²) in [6, 6.07) is 43.7. The molecule has 3 heterocycles. The molecule has 0 unspecified atom stereocenters. The Morgan fingerprint density at radius 3 is 1.42 bits per heavy atom. The fourth-order valence-corrected chi connectivity index (χ4v) is 6.25. The number of hydrogen-bond donors (Lipinski definition) is 0. The number of rotatable bonds is 4. The van der Waals surface area contributed by atoms with Crippen molar-refractivity contribution in [3.63, 3.8) is 0 Å². The van der Waals surface area contributed by atoms with Crippen LogP contribution in [-0.4, -0.2) is 19.9 Å². The molecule has 0 bridgehead atoms. The molecule has 0 spiro atoms. The molecular formula is C36H21Br2N5. The van der Waals surface area contributed by atoms with Crippen molar-refractivity contribution in [3.8, 4) is 11.1 Å². The molecule has 0 saturated heterocycles. The van der Waals surface area contributed by atoms with Crippen LogP contribution in [0.25, 0.3) is 55.0 Å². The first-order chi connectivity index (χ1) is 21.1. The first-order valence-corrected chi connectivity index (χ1v) is 15.4. The van der Waals surface area contributed by atoms with Crippen LogP contribution in [0, 0.1) is 0 Å². The number of para-hydroxylation sites is 2. The molecule has 0 N–H and O–H groups in total. The number of benzene rings is 5. The van der Waals surface area contributed by atoms with Gasteiger partial charge in [0, 0.05) is 27.8 Å². The molecule has 204 valence electrons. The summed E-state index contributed by atoms with van der Waals surface area (Å²) < 4.78 is 1.50. The Bertz CT molecular complexity index is 2270. The predicted octanol–water partition coefficient (Wildman–Crippen LogP) is 10.5. The third-order valence-electron chi connectivity index (χ3n) is 7.61. The van der Waals surface area contributed by atoms with Crippen LogP contribution < -0.4 is 4.90 Å². The summed E-state index contributed by atoms with van der Waals surface area (Å²) in [5.41, 5.74) is 10.4. The number of aromatic nitrogens is 4. The molecule has 0 aliphatic heterocycles. The fourth-order valence-electron chi connectivity index (χ4n) is 5.63. The van der Waals surface area contributed by atoms with Crippen LogP contribution in [0.1, 0.15) is 0 Å². The van der Waals surface area contributed by atoms with Gasteiger partial charge in [0.05, 0.1) is 22.1 Å². The standard InChI is InChI=1S/C36H21Br2N5/c37-31-19-16-27-33-34(28-17-20-32(38)42-36(28)35(27)41-31)40-30-21-23(13-18-29(30)39-33)22-11-14-26(15-12-22)43(24-7-3-1-4-8-24)25-9-5-2-6-10-25/h1-21H. The SMILES string of the molecule is Brc1ccc2c(n1)c1nc(Br)ccc1c1nc3cc(-c4ccc(N(c5ccccc5)c5ccccc5)cc4)ccc3nc21. The van der Waals surface area contributed by atoms with Gasteiger partial charge >= 0.3 is 0 Å². The summed E-state index contributed by atoms with van der Waals surface area (Å²) in [7, 11) is 0. The fraction of sp³-hybridized carbons (Fsp3) is 0. The number of halogens is 2. The lowest BCUT2D eigenvalue weighted by Gasteiger charge is -2.25. The molecule has 5 aromatic carbocycles. The zero-order valence-corrected chi connectivity index (χ0v) is 25.8. The number of fused-ring (bicyclic) bond motifs is 7. The van der Waals surface area contributed by atoms with E-state index in [1.165, 1.54) is 0 Å². The van der Waals surface area contributed by atoms with E-state index in [2.05, 4.69) is 122 Å². The molecule has 3 aromatic heterocycles. The van der Waals surface area contributed by atoms with Crippen LogP contribution in [0.3, 0.4) is 0 Å². The minimum Gasteiger partial charge on any atom is -0.311 e. The largest absolute Gasteiger partial charge is 0.311 e. The van der Waals surface area contributed by atoms with Crippen molar-refractivity contribution in [2.24, 2.45) is 0 Å². The maximum atomic E-state index is 5.15. The van der Waals surface area contributed by atoms with Gasteiger partial charge in [0.25, 0.3) is 0 Å². The van der Waals surface area contributed by atoms with Crippen LogP contribution in [0.15, 0.2) is 137 Å². The molecule has 43 heavy (non-hydrogen) atoms. The maximum Gasteiger partial charge on any atom is 0.106 e. The van der Waals surface area contributed by atoms with Gasteiger partial charge in [-0.05, 0) is 116 Å². The molecule has 0 radical (unpaired) electrons. The van der Waals surface area contributed by atoms with E-state index in [0.717, 1.165) is 81.3 Å². The van der Waals surface area contributed by atoms with E-state index in [1.54, 1.807) is 0 Å². The van der Waals surface area contributed by atoms with Gasteiger partial charge in [0.15, 0.2) is 0 Å². The van der Waals surface area contributed by atoms with Crippen molar-refractivity contribution in [1.82, 2.24) is 19.9 Å². The van der Waals surface area contributed by atoms with Gasteiger partial charge in [-0.15, -0.1) is 0 Å². The summed E-state index contributed by atoms with van der Waals surface area (Å²) in [5.74, 6) is 0. The third-order valence-corrected chi connectivity index (χ3v) is 8.49. The monoisotopic (exact) mass is 681 g/mol. The van der Waals surface area contributed by atoms with Gasteiger partial charge in [-0.2, -0.15) is 0 Å².